The molecule has 2 rings (SSSR count). The van der Waals surface area contributed by atoms with Gasteiger partial charge in [-0.25, -0.2) is 13.6 Å². The molecule has 0 unspecified atom stereocenters. The molecule has 0 bridgehead atoms. The maximum Gasteiger partial charge on any atom is 0.419 e. The zero-order chi connectivity index (χ0) is 19.3. The summed E-state index contributed by atoms with van der Waals surface area (Å²) < 4.78 is 64.5. The summed E-state index contributed by atoms with van der Waals surface area (Å²) in [5.74, 6) is -3.16. The van der Waals surface area contributed by atoms with Gasteiger partial charge in [-0.2, -0.15) is 13.2 Å². The van der Waals surface area contributed by atoms with E-state index in [1.807, 2.05) is 10.2 Å². The molecule has 0 saturated carbocycles. The third-order valence-electron chi connectivity index (χ3n) is 3.66. The standard InChI is InChI=1S/C15H17F5N4O2/c16-10-7-12(11(17)6-9(10)15(18,19)20)23-14(26)22-2-1-4-24-5-3-21-13(25)8-24/h6-7H,1-5,8H2,(H,21,25)(H2,22,23,26). The number of anilines is 1. The van der Waals surface area contributed by atoms with Crippen molar-refractivity contribution in [3.8, 4) is 0 Å². The van der Waals surface area contributed by atoms with Crippen LogP contribution in [0.2, 0.25) is 0 Å². The Morgan fingerprint density at radius 2 is 1.96 bits per heavy atom. The molecular weight excluding hydrogens is 363 g/mol. The molecule has 1 fully saturated rings. The second kappa shape index (κ2) is 8.30. The summed E-state index contributed by atoms with van der Waals surface area (Å²) in [5.41, 5.74) is -2.44. The van der Waals surface area contributed by atoms with Crippen LogP contribution in [0.3, 0.4) is 0 Å². The van der Waals surface area contributed by atoms with Crippen molar-refractivity contribution in [1.29, 1.82) is 0 Å². The number of rotatable bonds is 5. The molecule has 1 heterocycles. The van der Waals surface area contributed by atoms with E-state index in [0.717, 1.165) is 0 Å². The summed E-state index contributed by atoms with van der Waals surface area (Å²) >= 11 is 0. The van der Waals surface area contributed by atoms with Gasteiger partial charge >= 0.3 is 12.2 Å². The number of nitrogens with one attached hydrogen (secondary N) is 3. The Bertz CT molecular complexity index is 681. The predicted molar refractivity (Wildman–Crippen MR) is 82.4 cm³/mol. The number of hydrogen-bond donors (Lipinski definition) is 3. The van der Waals surface area contributed by atoms with E-state index in [1.165, 1.54) is 0 Å². The van der Waals surface area contributed by atoms with E-state index in [0.29, 0.717) is 26.1 Å². The fourth-order valence-corrected chi connectivity index (χ4v) is 2.41. The summed E-state index contributed by atoms with van der Waals surface area (Å²) in [6, 6.07) is -0.601. The lowest BCUT2D eigenvalue weighted by atomic mass is 10.1. The maximum atomic E-state index is 13.6. The fraction of sp³-hybridized carbons (Fsp3) is 0.467. The van der Waals surface area contributed by atoms with Crippen LogP contribution in [0.25, 0.3) is 0 Å². The highest BCUT2D eigenvalue weighted by molar-refractivity contribution is 5.89. The highest BCUT2D eigenvalue weighted by Gasteiger charge is 2.35. The van der Waals surface area contributed by atoms with Crippen LogP contribution in [-0.2, 0) is 11.0 Å². The SMILES string of the molecule is O=C1CN(CCCNC(=O)Nc2cc(F)c(C(F)(F)F)cc2F)CCN1. The van der Waals surface area contributed by atoms with Crippen molar-refractivity contribution < 1.29 is 31.5 Å². The number of amides is 3. The van der Waals surface area contributed by atoms with E-state index in [2.05, 4.69) is 10.6 Å². The molecule has 0 spiro atoms. The summed E-state index contributed by atoms with van der Waals surface area (Å²) in [6.07, 6.45) is -4.53. The Balaban J connectivity index is 1.80. The first-order valence-corrected chi connectivity index (χ1v) is 7.77. The highest BCUT2D eigenvalue weighted by atomic mass is 19.4. The molecule has 1 aromatic rings. The topological polar surface area (TPSA) is 73.5 Å². The first-order chi connectivity index (χ1) is 12.2. The van der Waals surface area contributed by atoms with Crippen molar-refractivity contribution in [2.24, 2.45) is 0 Å². The monoisotopic (exact) mass is 380 g/mol. The van der Waals surface area contributed by atoms with E-state index in [-0.39, 0.29) is 31.1 Å². The molecule has 0 radical (unpaired) electrons. The number of nitrogens with zero attached hydrogens (tertiary/aromatic N) is 1. The van der Waals surface area contributed by atoms with Gasteiger partial charge in [0.25, 0.3) is 0 Å². The van der Waals surface area contributed by atoms with Crippen LogP contribution in [0, 0.1) is 11.6 Å². The second-order valence-electron chi connectivity index (χ2n) is 5.67. The molecular formula is C15H17F5N4O2. The molecule has 144 valence electrons. The molecule has 1 aromatic carbocycles. The quantitative estimate of drug-likeness (QED) is 0.540. The van der Waals surface area contributed by atoms with E-state index in [1.54, 1.807) is 0 Å². The molecule has 1 aliphatic heterocycles. The van der Waals surface area contributed by atoms with Crippen molar-refractivity contribution in [1.82, 2.24) is 15.5 Å². The van der Waals surface area contributed by atoms with Crippen LogP contribution in [0.15, 0.2) is 12.1 Å². The van der Waals surface area contributed by atoms with Crippen molar-refractivity contribution in [2.45, 2.75) is 12.6 Å². The van der Waals surface area contributed by atoms with E-state index < -0.39 is 35.1 Å². The van der Waals surface area contributed by atoms with E-state index in [9.17, 15) is 31.5 Å². The van der Waals surface area contributed by atoms with Crippen molar-refractivity contribution in [3.63, 3.8) is 0 Å². The van der Waals surface area contributed by atoms with Crippen LogP contribution < -0.4 is 16.0 Å². The fourth-order valence-electron chi connectivity index (χ4n) is 2.41. The zero-order valence-corrected chi connectivity index (χ0v) is 13.6. The summed E-state index contributed by atoms with van der Waals surface area (Å²) in [4.78, 5) is 24.7. The molecule has 0 aromatic heterocycles. The summed E-state index contributed by atoms with van der Waals surface area (Å²) in [6.45, 7) is 2.24. The minimum atomic E-state index is -5.03. The van der Waals surface area contributed by atoms with E-state index >= 15 is 0 Å². The van der Waals surface area contributed by atoms with Gasteiger partial charge in [-0.3, -0.25) is 9.69 Å². The number of urea groups is 1. The molecule has 3 amide bonds. The van der Waals surface area contributed by atoms with Crippen molar-refractivity contribution >= 4 is 17.6 Å². The molecule has 11 heteroatoms. The van der Waals surface area contributed by atoms with Crippen LogP contribution >= 0.6 is 0 Å². The Morgan fingerprint density at radius 3 is 2.62 bits per heavy atom. The number of halogens is 5. The average molecular weight is 380 g/mol. The third-order valence-corrected chi connectivity index (χ3v) is 3.66. The number of alkyl halides is 3. The van der Waals surface area contributed by atoms with Gasteiger partial charge in [-0.1, -0.05) is 0 Å². The van der Waals surface area contributed by atoms with E-state index in [4.69, 9.17) is 0 Å². The van der Waals surface area contributed by atoms with Gasteiger partial charge < -0.3 is 16.0 Å². The lowest BCUT2D eigenvalue weighted by molar-refractivity contribution is -0.140. The molecule has 0 aliphatic carbocycles. The highest BCUT2D eigenvalue weighted by Crippen LogP contribution is 2.33. The third kappa shape index (κ3) is 5.55. The normalized spacial score (nSPS) is 15.5. The number of carbonyl (C=O) groups excluding carboxylic acids is 2. The minimum Gasteiger partial charge on any atom is -0.354 e. The molecule has 1 aliphatic rings. The number of piperazine rings is 1. The van der Waals surface area contributed by atoms with Gasteiger partial charge in [0.05, 0.1) is 17.8 Å². The lowest BCUT2D eigenvalue weighted by Gasteiger charge is -2.26. The van der Waals surface area contributed by atoms with Gasteiger partial charge in [-0.15, -0.1) is 0 Å². The van der Waals surface area contributed by atoms with Gasteiger partial charge in [0.1, 0.15) is 11.6 Å². The molecule has 1 saturated heterocycles. The minimum absolute atomic E-state index is 0.00759. The Labute approximate surface area is 145 Å². The summed E-state index contributed by atoms with van der Waals surface area (Å²) in [5, 5.41) is 7.02. The van der Waals surface area contributed by atoms with Gasteiger partial charge in [0.15, 0.2) is 0 Å². The number of benzene rings is 1. The van der Waals surface area contributed by atoms with Crippen LogP contribution in [0.5, 0.6) is 0 Å². The maximum absolute atomic E-state index is 13.6. The average Bonchev–Trinajstić information content (AvgIpc) is 2.54. The largest absolute Gasteiger partial charge is 0.419 e. The number of carbonyl (C=O) groups is 2. The Hall–Kier alpha value is -2.43. The zero-order valence-electron chi connectivity index (χ0n) is 13.6. The Morgan fingerprint density at radius 1 is 1.23 bits per heavy atom. The first kappa shape index (κ1) is 19.9. The molecule has 26 heavy (non-hydrogen) atoms. The molecule has 6 nitrogen and oxygen atoms in total. The van der Waals surface area contributed by atoms with Gasteiger partial charge in [-0.05, 0) is 12.5 Å². The van der Waals surface area contributed by atoms with Gasteiger partial charge in [0, 0.05) is 32.2 Å². The van der Waals surface area contributed by atoms with Crippen LogP contribution in [0.4, 0.5) is 32.4 Å². The number of hydrogen-bond acceptors (Lipinski definition) is 3. The molecule has 3 N–H and O–H groups in total. The van der Waals surface area contributed by atoms with Crippen LogP contribution in [0.1, 0.15) is 12.0 Å². The van der Waals surface area contributed by atoms with Crippen molar-refractivity contribution in [2.75, 3.05) is 38.0 Å². The van der Waals surface area contributed by atoms with Crippen LogP contribution in [-0.4, -0.2) is 49.6 Å². The lowest BCUT2D eigenvalue weighted by Crippen LogP contribution is -2.48. The second-order valence-corrected chi connectivity index (χ2v) is 5.67. The Kier molecular flexibility index (Phi) is 6.35. The summed E-state index contributed by atoms with van der Waals surface area (Å²) in [7, 11) is 0. The molecule has 0 atom stereocenters. The smallest absolute Gasteiger partial charge is 0.354 e. The first-order valence-electron chi connectivity index (χ1n) is 7.77. The van der Waals surface area contributed by atoms with Crippen molar-refractivity contribution in [3.05, 3.63) is 29.3 Å². The van der Waals surface area contributed by atoms with Gasteiger partial charge in [0.2, 0.25) is 5.91 Å². The predicted octanol–water partition coefficient (Wildman–Crippen LogP) is 1.93.